The Balaban J connectivity index is 1.56. The van der Waals surface area contributed by atoms with E-state index < -0.39 is 5.60 Å². The molecule has 0 spiro atoms. The highest BCUT2D eigenvalue weighted by Crippen LogP contribution is 2.21. The smallest absolute Gasteiger partial charge is 0.225 e. The molecule has 1 saturated heterocycles. The second kappa shape index (κ2) is 6.88. The van der Waals surface area contributed by atoms with Gasteiger partial charge in [0.25, 0.3) is 0 Å². The Labute approximate surface area is 140 Å². The molecule has 2 aromatic heterocycles. The summed E-state index contributed by atoms with van der Waals surface area (Å²) in [5.41, 5.74) is 4.90. The zero-order valence-electron chi connectivity index (χ0n) is 13.7. The van der Waals surface area contributed by atoms with Gasteiger partial charge in [0.05, 0.1) is 12.8 Å². The SMILES string of the molecule is CC(O)(CN=C(N)N1CCN(c2ncccn2)CC1)c1ccco1. The molecule has 0 saturated carbocycles. The van der Waals surface area contributed by atoms with Gasteiger partial charge < -0.3 is 25.1 Å². The normalized spacial score (nSPS) is 18.5. The van der Waals surface area contributed by atoms with Crippen molar-refractivity contribution in [2.24, 2.45) is 10.7 Å². The van der Waals surface area contributed by atoms with Crippen molar-refractivity contribution in [2.45, 2.75) is 12.5 Å². The molecule has 0 aromatic carbocycles. The number of furan rings is 1. The standard InChI is InChI=1S/C16H22N6O2/c1-16(23,13-4-2-11-24-13)12-20-14(17)21-7-9-22(10-8-21)15-18-5-3-6-19-15/h2-6,11,23H,7-10,12H2,1H3,(H2,17,20). The Hall–Kier alpha value is -2.61. The maximum absolute atomic E-state index is 10.4. The van der Waals surface area contributed by atoms with E-state index in [4.69, 9.17) is 10.2 Å². The van der Waals surface area contributed by atoms with Crippen LogP contribution in [0.2, 0.25) is 0 Å². The van der Waals surface area contributed by atoms with Crippen LogP contribution in [0.5, 0.6) is 0 Å². The van der Waals surface area contributed by atoms with E-state index in [-0.39, 0.29) is 6.54 Å². The van der Waals surface area contributed by atoms with Crippen LogP contribution in [0.15, 0.2) is 46.3 Å². The first-order valence-electron chi connectivity index (χ1n) is 7.89. The van der Waals surface area contributed by atoms with Crippen LogP contribution in [-0.4, -0.2) is 58.7 Å². The van der Waals surface area contributed by atoms with Gasteiger partial charge in [0.15, 0.2) is 5.96 Å². The Kier molecular flexibility index (Phi) is 4.66. The minimum Gasteiger partial charge on any atom is -0.466 e. The summed E-state index contributed by atoms with van der Waals surface area (Å²) in [4.78, 5) is 17.0. The van der Waals surface area contributed by atoms with Gasteiger partial charge in [-0.1, -0.05) is 0 Å². The van der Waals surface area contributed by atoms with Crippen LogP contribution in [0, 0.1) is 0 Å². The van der Waals surface area contributed by atoms with Gasteiger partial charge in [0.1, 0.15) is 11.4 Å². The van der Waals surface area contributed by atoms with E-state index in [1.807, 2.05) is 4.90 Å². The van der Waals surface area contributed by atoms with Gasteiger partial charge in [-0.05, 0) is 25.1 Å². The Bertz CT molecular complexity index is 663. The maximum Gasteiger partial charge on any atom is 0.225 e. The van der Waals surface area contributed by atoms with Crippen molar-refractivity contribution < 1.29 is 9.52 Å². The van der Waals surface area contributed by atoms with Crippen LogP contribution in [0.25, 0.3) is 0 Å². The van der Waals surface area contributed by atoms with Crippen molar-refractivity contribution >= 4 is 11.9 Å². The first-order valence-corrected chi connectivity index (χ1v) is 7.89. The number of nitrogens with zero attached hydrogens (tertiary/aromatic N) is 5. The molecule has 0 aliphatic carbocycles. The molecule has 3 rings (SSSR count). The largest absolute Gasteiger partial charge is 0.466 e. The molecular weight excluding hydrogens is 308 g/mol. The van der Waals surface area contributed by atoms with Crippen molar-refractivity contribution in [3.63, 3.8) is 0 Å². The molecule has 1 fully saturated rings. The predicted molar refractivity (Wildman–Crippen MR) is 90.6 cm³/mol. The minimum atomic E-state index is -1.17. The molecule has 8 heteroatoms. The predicted octanol–water partition coefficient (Wildman–Crippen LogP) is 0.414. The summed E-state index contributed by atoms with van der Waals surface area (Å²) >= 11 is 0. The molecule has 0 radical (unpaired) electrons. The lowest BCUT2D eigenvalue weighted by Gasteiger charge is -2.35. The molecule has 0 bridgehead atoms. The summed E-state index contributed by atoms with van der Waals surface area (Å²) in [5, 5.41) is 10.4. The third-order valence-corrected chi connectivity index (χ3v) is 4.04. The fourth-order valence-electron chi connectivity index (χ4n) is 2.59. The van der Waals surface area contributed by atoms with Crippen molar-refractivity contribution in [2.75, 3.05) is 37.6 Å². The number of rotatable bonds is 4. The lowest BCUT2D eigenvalue weighted by atomic mass is 10.0. The van der Waals surface area contributed by atoms with Crippen LogP contribution in [0.3, 0.4) is 0 Å². The van der Waals surface area contributed by atoms with Crippen molar-refractivity contribution in [1.29, 1.82) is 0 Å². The highest BCUT2D eigenvalue weighted by atomic mass is 16.4. The average Bonchev–Trinajstić information content (AvgIpc) is 3.16. The van der Waals surface area contributed by atoms with Gasteiger partial charge in [-0.25, -0.2) is 15.0 Å². The highest BCUT2D eigenvalue weighted by Gasteiger charge is 2.27. The monoisotopic (exact) mass is 330 g/mol. The van der Waals surface area contributed by atoms with E-state index in [1.54, 1.807) is 37.5 Å². The topological polar surface area (TPSA) is 104 Å². The van der Waals surface area contributed by atoms with Crippen LogP contribution in [-0.2, 0) is 5.60 Å². The van der Waals surface area contributed by atoms with Crippen molar-refractivity contribution in [1.82, 2.24) is 14.9 Å². The minimum absolute atomic E-state index is 0.147. The molecule has 1 unspecified atom stereocenters. The highest BCUT2D eigenvalue weighted by molar-refractivity contribution is 5.78. The molecule has 0 amide bonds. The molecule has 1 aliphatic heterocycles. The van der Waals surface area contributed by atoms with Crippen molar-refractivity contribution in [3.05, 3.63) is 42.6 Å². The summed E-state index contributed by atoms with van der Waals surface area (Å²) in [6.45, 7) is 4.82. The van der Waals surface area contributed by atoms with Crippen LogP contribution in [0.4, 0.5) is 5.95 Å². The van der Waals surface area contributed by atoms with Gasteiger partial charge in [-0.3, -0.25) is 0 Å². The quantitative estimate of drug-likeness (QED) is 0.618. The van der Waals surface area contributed by atoms with Gasteiger partial charge in [0, 0.05) is 38.6 Å². The zero-order valence-corrected chi connectivity index (χ0v) is 13.7. The molecule has 3 heterocycles. The first kappa shape index (κ1) is 16.3. The molecule has 3 N–H and O–H groups in total. The van der Waals surface area contributed by atoms with E-state index in [0.29, 0.717) is 11.7 Å². The number of aromatic nitrogens is 2. The van der Waals surface area contributed by atoms with E-state index >= 15 is 0 Å². The third kappa shape index (κ3) is 3.65. The lowest BCUT2D eigenvalue weighted by molar-refractivity contribution is 0.0435. The fourth-order valence-corrected chi connectivity index (χ4v) is 2.59. The van der Waals surface area contributed by atoms with Crippen molar-refractivity contribution in [3.8, 4) is 0 Å². The summed E-state index contributed by atoms with van der Waals surface area (Å²) < 4.78 is 5.24. The number of hydrogen-bond donors (Lipinski definition) is 2. The van der Waals surface area contributed by atoms with Crippen LogP contribution >= 0.6 is 0 Å². The fraction of sp³-hybridized carbons (Fsp3) is 0.438. The van der Waals surface area contributed by atoms with E-state index in [9.17, 15) is 5.11 Å². The molecular formula is C16H22N6O2. The van der Waals surface area contributed by atoms with Crippen LogP contribution < -0.4 is 10.6 Å². The van der Waals surface area contributed by atoms with E-state index in [1.165, 1.54) is 6.26 Å². The number of aliphatic imine (C=N–C) groups is 1. The molecule has 128 valence electrons. The lowest BCUT2D eigenvalue weighted by Crippen LogP contribution is -2.51. The van der Waals surface area contributed by atoms with Crippen LogP contribution in [0.1, 0.15) is 12.7 Å². The zero-order chi connectivity index (χ0) is 17.0. The number of hydrogen-bond acceptors (Lipinski definition) is 6. The Morgan fingerprint density at radius 1 is 1.29 bits per heavy atom. The van der Waals surface area contributed by atoms with Gasteiger partial charge in [0.2, 0.25) is 5.95 Å². The number of nitrogens with two attached hydrogens (primary N) is 1. The third-order valence-electron chi connectivity index (χ3n) is 4.04. The van der Waals surface area contributed by atoms with Gasteiger partial charge in [-0.15, -0.1) is 0 Å². The molecule has 24 heavy (non-hydrogen) atoms. The maximum atomic E-state index is 10.4. The van der Waals surface area contributed by atoms with E-state index in [2.05, 4.69) is 19.9 Å². The average molecular weight is 330 g/mol. The number of aliphatic hydroxyl groups is 1. The Morgan fingerprint density at radius 2 is 2.00 bits per heavy atom. The van der Waals surface area contributed by atoms with Gasteiger partial charge >= 0.3 is 0 Å². The number of piperazine rings is 1. The van der Waals surface area contributed by atoms with Gasteiger partial charge in [-0.2, -0.15) is 0 Å². The number of guanidine groups is 1. The summed E-state index contributed by atoms with van der Waals surface area (Å²) in [6, 6.07) is 5.27. The summed E-state index contributed by atoms with van der Waals surface area (Å²) in [5.74, 6) is 1.63. The summed E-state index contributed by atoms with van der Waals surface area (Å²) in [6.07, 6.45) is 5.00. The second-order valence-corrected chi connectivity index (χ2v) is 5.95. The molecule has 2 aromatic rings. The molecule has 8 nitrogen and oxygen atoms in total. The first-order chi connectivity index (χ1) is 11.6. The van der Waals surface area contributed by atoms with E-state index in [0.717, 1.165) is 32.1 Å². The molecule has 1 aliphatic rings. The second-order valence-electron chi connectivity index (χ2n) is 5.95. The Morgan fingerprint density at radius 3 is 2.62 bits per heavy atom. The molecule has 1 atom stereocenters. The number of anilines is 1. The summed E-state index contributed by atoms with van der Waals surface area (Å²) in [7, 11) is 0.